The van der Waals surface area contributed by atoms with E-state index in [1.165, 1.54) is 0 Å². The van der Waals surface area contributed by atoms with E-state index in [1.54, 1.807) is 16.8 Å². The molecule has 0 bridgehead atoms. The zero-order valence-electron chi connectivity index (χ0n) is 10.6. The molecule has 0 aliphatic rings. The maximum absolute atomic E-state index is 10.9. The van der Waals surface area contributed by atoms with Gasteiger partial charge in [-0.3, -0.25) is 4.57 Å². The Bertz CT molecular complexity index is 853. The van der Waals surface area contributed by atoms with Crippen molar-refractivity contribution in [3.63, 3.8) is 0 Å². The number of para-hydroxylation sites is 1. The van der Waals surface area contributed by atoms with Crippen molar-refractivity contribution < 1.29 is 0 Å². The van der Waals surface area contributed by atoms with Crippen molar-refractivity contribution >= 4 is 27.0 Å². The first-order valence-corrected chi connectivity index (χ1v) is 6.85. The van der Waals surface area contributed by atoms with Crippen molar-refractivity contribution in [2.45, 2.75) is 6.04 Å². The summed E-state index contributed by atoms with van der Waals surface area (Å²) in [6.45, 7) is 0. The molecule has 1 atom stereocenters. The monoisotopic (exact) mass is 341 g/mol. The van der Waals surface area contributed by atoms with Crippen molar-refractivity contribution in [2.24, 2.45) is 5.18 Å². The number of benzene rings is 1. The van der Waals surface area contributed by atoms with Gasteiger partial charge >= 0.3 is 0 Å². The molecule has 0 radical (unpaired) electrons. The largest absolute Gasteiger partial charge is 0.293 e. The SMILES string of the molecule is N#CC(N=O)c1nc2cnc(Br)cc2n1-c1ccccc1. The molecule has 0 fully saturated rings. The molecule has 102 valence electrons. The van der Waals surface area contributed by atoms with E-state index in [2.05, 4.69) is 31.1 Å². The quantitative estimate of drug-likeness (QED) is 0.538. The molecular formula is C14H8BrN5O. The fourth-order valence-electron chi connectivity index (χ4n) is 2.14. The first kappa shape index (κ1) is 13.4. The molecule has 0 amide bonds. The van der Waals surface area contributed by atoms with Gasteiger partial charge in [0.15, 0.2) is 5.82 Å². The van der Waals surface area contributed by atoms with Crippen LogP contribution in [0.2, 0.25) is 0 Å². The zero-order chi connectivity index (χ0) is 14.8. The second-order valence-corrected chi connectivity index (χ2v) is 5.09. The van der Waals surface area contributed by atoms with E-state index < -0.39 is 6.04 Å². The van der Waals surface area contributed by atoms with Crippen LogP contribution in [0.5, 0.6) is 0 Å². The highest BCUT2D eigenvalue weighted by atomic mass is 79.9. The van der Waals surface area contributed by atoms with Gasteiger partial charge in [-0.25, -0.2) is 9.97 Å². The molecule has 3 rings (SSSR count). The summed E-state index contributed by atoms with van der Waals surface area (Å²) < 4.78 is 2.39. The van der Waals surface area contributed by atoms with Gasteiger partial charge in [0.2, 0.25) is 6.04 Å². The molecule has 0 saturated carbocycles. The second kappa shape index (κ2) is 5.42. The first-order valence-electron chi connectivity index (χ1n) is 6.06. The van der Waals surface area contributed by atoms with E-state index >= 15 is 0 Å². The number of imidazole rings is 1. The minimum absolute atomic E-state index is 0.286. The van der Waals surface area contributed by atoms with Gasteiger partial charge in [-0.2, -0.15) is 5.26 Å². The summed E-state index contributed by atoms with van der Waals surface area (Å²) in [4.78, 5) is 19.4. The summed E-state index contributed by atoms with van der Waals surface area (Å²) in [5.41, 5.74) is 2.15. The number of fused-ring (bicyclic) bond motifs is 1. The van der Waals surface area contributed by atoms with Gasteiger partial charge in [-0.1, -0.05) is 18.2 Å². The Kier molecular flexibility index (Phi) is 3.46. The lowest BCUT2D eigenvalue weighted by Gasteiger charge is -2.09. The van der Waals surface area contributed by atoms with Crippen molar-refractivity contribution in [1.29, 1.82) is 5.26 Å². The predicted molar refractivity (Wildman–Crippen MR) is 80.7 cm³/mol. The standard InChI is InChI=1S/C14H8BrN5O/c15-13-6-12-11(8-17-13)18-14(10(7-16)19-21)20(12)9-4-2-1-3-5-9/h1-6,8,10H. The maximum atomic E-state index is 10.9. The number of halogens is 1. The lowest BCUT2D eigenvalue weighted by molar-refractivity contribution is 0.797. The smallest absolute Gasteiger partial charge is 0.235 e. The van der Waals surface area contributed by atoms with Gasteiger partial charge in [0.25, 0.3) is 0 Å². The molecule has 1 aromatic carbocycles. The Labute approximate surface area is 128 Å². The highest BCUT2D eigenvalue weighted by Gasteiger charge is 2.22. The number of nitrogens with zero attached hydrogens (tertiary/aromatic N) is 5. The third kappa shape index (κ3) is 2.30. The maximum Gasteiger partial charge on any atom is 0.235 e. The molecule has 0 aliphatic carbocycles. The normalized spacial score (nSPS) is 12.0. The van der Waals surface area contributed by atoms with E-state index in [-0.39, 0.29) is 5.82 Å². The van der Waals surface area contributed by atoms with Gasteiger partial charge < -0.3 is 0 Å². The first-order chi connectivity index (χ1) is 10.2. The minimum Gasteiger partial charge on any atom is -0.293 e. The number of rotatable bonds is 3. The molecule has 6 nitrogen and oxygen atoms in total. The summed E-state index contributed by atoms with van der Waals surface area (Å²) in [5.74, 6) is 0.286. The lowest BCUT2D eigenvalue weighted by atomic mass is 10.2. The molecule has 1 unspecified atom stereocenters. The highest BCUT2D eigenvalue weighted by Crippen LogP contribution is 2.27. The van der Waals surface area contributed by atoms with Crippen molar-refractivity contribution in [3.8, 4) is 11.8 Å². The van der Waals surface area contributed by atoms with Crippen LogP contribution in [-0.4, -0.2) is 14.5 Å². The average Bonchev–Trinajstić information content (AvgIpc) is 2.88. The Balaban J connectivity index is 2.37. The van der Waals surface area contributed by atoms with E-state index in [9.17, 15) is 4.91 Å². The molecule has 21 heavy (non-hydrogen) atoms. The zero-order valence-corrected chi connectivity index (χ0v) is 12.2. The van der Waals surface area contributed by atoms with Crippen molar-refractivity contribution in [3.05, 3.63) is 57.9 Å². The van der Waals surface area contributed by atoms with E-state index in [0.717, 1.165) is 11.2 Å². The third-order valence-electron chi connectivity index (χ3n) is 3.02. The number of hydrogen-bond acceptors (Lipinski definition) is 5. The Morgan fingerprint density at radius 3 is 2.76 bits per heavy atom. The molecular weight excluding hydrogens is 334 g/mol. The van der Waals surface area contributed by atoms with Gasteiger partial charge in [-0.05, 0) is 39.3 Å². The highest BCUT2D eigenvalue weighted by molar-refractivity contribution is 9.10. The Morgan fingerprint density at radius 2 is 2.10 bits per heavy atom. The van der Waals surface area contributed by atoms with E-state index in [1.807, 2.05) is 36.4 Å². The summed E-state index contributed by atoms with van der Waals surface area (Å²) in [7, 11) is 0. The molecule has 2 aromatic heterocycles. The predicted octanol–water partition coefficient (Wildman–Crippen LogP) is 3.51. The van der Waals surface area contributed by atoms with Crippen molar-refractivity contribution in [2.75, 3.05) is 0 Å². The fourth-order valence-corrected chi connectivity index (χ4v) is 2.45. The van der Waals surface area contributed by atoms with Gasteiger partial charge in [0.05, 0.1) is 11.7 Å². The van der Waals surface area contributed by atoms with Crippen molar-refractivity contribution in [1.82, 2.24) is 14.5 Å². The Hall–Kier alpha value is -2.59. The summed E-state index contributed by atoms with van der Waals surface area (Å²) in [6.07, 6.45) is 1.58. The summed E-state index contributed by atoms with van der Waals surface area (Å²) in [6, 6.07) is 11.9. The fraction of sp³-hybridized carbons (Fsp3) is 0.0714. The average molecular weight is 342 g/mol. The molecule has 3 aromatic rings. The molecule has 0 saturated heterocycles. The topological polar surface area (TPSA) is 83.9 Å². The van der Waals surface area contributed by atoms with Gasteiger partial charge in [0.1, 0.15) is 16.2 Å². The third-order valence-corrected chi connectivity index (χ3v) is 3.45. The molecule has 0 spiro atoms. The molecule has 7 heteroatoms. The summed E-state index contributed by atoms with van der Waals surface area (Å²) >= 11 is 3.32. The van der Waals surface area contributed by atoms with Crippen LogP contribution in [-0.2, 0) is 0 Å². The number of nitroso groups, excluding NO2 is 1. The van der Waals surface area contributed by atoms with Crippen LogP contribution in [0.25, 0.3) is 16.7 Å². The van der Waals surface area contributed by atoms with Crippen LogP contribution in [0.15, 0.2) is 52.4 Å². The van der Waals surface area contributed by atoms with Crippen LogP contribution in [0, 0.1) is 16.2 Å². The lowest BCUT2D eigenvalue weighted by Crippen LogP contribution is -2.04. The number of aromatic nitrogens is 3. The number of hydrogen-bond donors (Lipinski definition) is 0. The molecule has 0 N–H and O–H groups in total. The van der Waals surface area contributed by atoms with E-state index in [0.29, 0.717) is 10.1 Å². The van der Waals surface area contributed by atoms with Crippen LogP contribution in [0.1, 0.15) is 11.9 Å². The van der Waals surface area contributed by atoms with Gasteiger partial charge in [0, 0.05) is 5.69 Å². The van der Waals surface area contributed by atoms with Crippen LogP contribution >= 0.6 is 15.9 Å². The minimum atomic E-state index is -1.17. The van der Waals surface area contributed by atoms with Crippen LogP contribution < -0.4 is 0 Å². The Morgan fingerprint density at radius 1 is 1.33 bits per heavy atom. The number of pyridine rings is 1. The molecule has 0 aliphatic heterocycles. The van der Waals surface area contributed by atoms with Gasteiger partial charge in [-0.15, -0.1) is 4.91 Å². The second-order valence-electron chi connectivity index (χ2n) is 4.27. The molecule has 2 heterocycles. The van der Waals surface area contributed by atoms with Crippen LogP contribution in [0.4, 0.5) is 0 Å². The van der Waals surface area contributed by atoms with Crippen LogP contribution in [0.3, 0.4) is 0 Å². The summed E-state index contributed by atoms with van der Waals surface area (Å²) in [5, 5.41) is 12.0. The number of nitriles is 1. The van der Waals surface area contributed by atoms with E-state index in [4.69, 9.17) is 5.26 Å².